The Kier molecular flexibility index (Phi) is 3.20. The lowest BCUT2D eigenvalue weighted by Gasteiger charge is -2.03. The summed E-state index contributed by atoms with van der Waals surface area (Å²) in [5.41, 5.74) is 0.970. The molecule has 0 radical (unpaired) electrons. The monoisotopic (exact) mass is 227 g/mol. The molecule has 0 saturated heterocycles. The van der Waals surface area contributed by atoms with Crippen molar-refractivity contribution in [2.75, 3.05) is 0 Å². The number of rotatable bonds is 2. The Hall–Kier alpha value is -1.83. The Morgan fingerprint density at radius 1 is 1.19 bits per heavy atom. The van der Waals surface area contributed by atoms with Gasteiger partial charge in [0.2, 0.25) is 0 Å². The quantitative estimate of drug-likeness (QED) is 0.583. The number of hydrogen-bond acceptors (Lipinski definition) is 2. The summed E-state index contributed by atoms with van der Waals surface area (Å²) < 4.78 is 0. The Labute approximate surface area is 98.6 Å². The molecule has 0 bridgehead atoms. The van der Waals surface area contributed by atoms with Crippen LogP contribution in [-0.2, 0) is 11.2 Å². The highest BCUT2D eigenvalue weighted by atomic mass is 32.1. The molecular weight excluding hydrogens is 218 g/mol. The van der Waals surface area contributed by atoms with Gasteiger partial charge in [-0.3, -0.25) is 4.79 Å². The van der Waals surface area contributed by atoms with Crippen molar-refractivity contribution in [1.29, 1.82) is 0 Å². The van der Waals surface area contributed by atoms with Gasteiger partial charge in [0.05, 0.1) is 11.6 Å². The first-order chi connectivity index (χ1) is 7.81. The maximum atomic E-state index is 11.4. The van der Waals surface area contributed by atoms with E-state index in [9.17, 15) is 4.79 Å². The number of amides is 1. The lowest BCUT2D eigenvalue weighted by molar-refractivity contribution is -0.117. The SMILES string of the molecule is O=C(Cc1cccc2ccccc12)N=C=S. The molecule has 0 aliphatic rings. The number of thiocarbonyl (C=S) groups is 1. The standard InChI is InChI=1S/C13H9NOS/c15-13(14-9-16)8-11-6-3-5-10-4-1-2-7-12(10)11/h1-7H,8H2. The molecule has 0 heterocycles. The minimum atomic E-state index is -0.258. The molecule has 2 aromatic rings. The summed E-state index contributed by atoms with van der Waals surface area (Å²) in [6, 6.07) is 13.8. The van der Waals surface area contributed by atoms with Crippen LogP contribution < -0.4 is 0 Å². The van der Waals surface area contributed by atoms with E-state index < -0.39 is 0 Å². The molecule has 3 heteroatoms. The first kappa shape index (κ1) is 10.7. The van der Waals surface area contributed by atoms with Crippen LogP contribution in [0.1, 0.15) is 5.56 Å². The smallest absolute Gasteiger partial charge is 0.258 e. The van der Waals surface area contributed by atoms with E-state index in [0.29, 0.717) is 0 Å². The number of fused-ring (bicyclic) bond motifs is 1. The first-order valence-electron chi connectivity index (χ1n) is 4.88. The molecule has 0 saturated carbocycles. The average Bonchev–Trinajstić information content (AvgIpc) is 2.30. The maximum absolute atomic E-state index is 11.4. The van der Waals surface area contributed by atoms with Crippen molar-refractivity contribution >= 4 is 34.1 Å². The van der Waals surface area contributed by atoms with E-state index in [1.807, 2.05) is 42.5 Å². The molecule has 0 atom stereocenters. The van der Waals surface area contributed by atoms with E-state index in [0.717, 1.165) is 16.3 Å². The minimum absolute atomic E-state index is 0.258. The summed E-state index contributed by atoms with van der Waals surface area (Å²) in [7, 11) is 0. The number of isothiocyanates is 1. The second-order valence-corrected chi connectivity index (χ2v) is 3.59. The van der Waals surface area contributed by atoms with Crippen molar-refractivity contribution in [3.8, 4) is 0 Å². The van der Waals surface area contributed by atoms with Crippen LogP contribution in [0.3, 0.4) is 0 Å². The van der Waals surface area contributed by atoms with Crippen molar-refractivity contribution in [3.63, 3.8) is 0 Å². The highest BCUT2D eigenvalue weighted by molar-refractivity contribution is 7.78. The second-order valence-electron chi connectivity index (χ2n) is 3.41. The molecule has 1 amide bonds. The molecule has 0 aliphatic carbocycles. The van der Waals surface area contributed by atoms with Crippen LogP contribution in [0.5, 0.6) is 0 Å². The highest BCUT2D eigenvalue weighted by Gasteiger charge is 2.04. The summed E-state index contributed by atoms with van der Waals surface area (Å²) >= 11 is 4.40. The molecule has 2 nitrogen and oxygen atoms in total. The average molecular weight is 227 g/mol. The Bertz CT molecular complexity index is 580. The molecule has 0 unspecified atom stereocenters. The zero-order valence-corrected chi connectivity index (χ0v) is 9.33. The lowest BCUT2D eigenvalue weighted by Crippen LogP contribution is -1.98. The number of nitrogens with zero attached hydrogens (tertiary/aromatic N) is 1. The summed E-state index contributed by atoms with van der Waals surface area (Å²) in [5, 5.41) is 4.30. The molecular formula is C13H9NOS. The van der Waals surface area contributed by atoms with Crippen LogP contribution in [0.4, 0.5) is 0 Å². The van der Waals surface area contributed by atoms with Gasteiger partial charge >= 0.3 is 0 Å². The summed E-state index contributed by atoms with van der Waals surface area (Å²) in [6.45, 7) is 0. The van der Waals surface area contributed by atoms with Gasteiger partial charge in [0, 0.05) is 0 Å². The molecule has 2 rings (SSSR count). The van der Waals surface area contributed by atoms with Crippen LogP contribution in [-0.4, -0.2) is 11.1 Å². The predicted molar refractivity (Wildman–Crippen MR) is 67.7 cm³/mol. The molecule has 0 spiro atoms. The van der Waals surface area contributed by atoms with Crippen LogP contribution in [0.25, 0.3) is 10.8 Å². The second kappa shape index (κ2) is 4.79. The lowest BCUT2D eigenvalue weighted by atomic mass is 10.0. The minimum Gasteiger partial charge on any atom is -0.271 e. The van der Waals surface area contributed by atoms with Crippen molar-refractivity contribution in [2.24, 2.45) is 4.99 Å². The van der Waals surface area contributed by atoms with E-state index >= 15 is 0 Å². The molecule has 0 aliphatic heterocycles. The van der Waals surface area contributed by atoms with Gasteiger partial charge in [-0.2, -0.15) is 4.99 Å². The van der Waals surface area contributed by atoms with Gasteiger partial charge in [0.15, 0.2) is 0 Å². The number of benzene rings is 2. The Morgan fingerprint density at radius 3 is 2.75 bits per heavy atom. The van der Waals surface area contributed by atoms with E-state index in [4.69, 9.17) is 0 Å². The third-order valence-electron chi connectivity index (χ3n) is 2.39. The van der Waals surface area contributed by atoms with Gasteiger partial charge in [0.1, 0.15) is 0 Å². The topological polar surface area (TPSA) is 29.4 Å². The molecule has 0 aromatic heterocycles. The van der Waals surface area contributed by atoms with Crippen molar-refractivity contribution < 1.29 is 4.79 Å². The number of aliphatic imine (C=N–C) groups is 1. The van der Waals surface area contributed by atoms with E-state index in [2.05, 4.69) is 22.4 Å². The van der Waals surface area contributed by atoms with Crippen molar-refractivity contribution in [3.05, 3.63) is 48.0 Å². The zero-order valence-electron chi connectivity index (χ0n) is 8.51. The van der Waals surface area contributed by atoms with Crippen LogP contribution in [0.15, 0.2) is 47.5 Å². The third kappa shape index (κ3) is 2.22. The van der Waals surface area contributed by atoms with Gasteiger partial charge < -0.3 is 0 Å². The van der Waals surface area contributed by atoms with Gasteiger partial charge in [-0.15, -0.1) is 0 Å². The van der Waals surface area contributed by atoms with E-state index in [1.165, 1.54) is 0 Å². The molecule has 0 N–H and O–H groups in total. The van der Waals surface area contributed by atoms with Crippen LogP contribution in [0, 0.1) is 0 Å². The third-order valence-corrected chi connectivity index (χ3v) is 2.48. The van der Waals surface area contributed by atoms with Crippen LogP contribution in [0.2, 0.25) is 0 Å². The fourth-order valence-corrected chi connectivity index (χ4v) is 1.80. The van der Waals surface area contributed by atoms with Crippen molar-refractivity contribution in [1.82, 2.24) is 0 Å². The summed E-state index contributed by atoms with van der Waals surface area (Å²) in [6.07, 6.45) is 0.269. The van der Waals surface area contributed by atoms with Gasteiger partial charge in [0.25, 0.3) is 5.91 Å². The number of carbonyl (C=O) groups excluding carboxylic acids is 1. The summed E-state index contributed by atoms with van der Waals surface area (Å²) in [5.74, 6) is -0.258. The van der Waals surface area contributed by atoms with Gasteiger partial charge in [-0.05, 0) is 28.6 Å². The van der Waals surface area contributed by atoms with Gasteiger partial charge in [-0.1, -0.05) is 42.5 Å². The van der Waals surface area contributed by atoms with E-state index in [-0.39, 0.29) is 12.3 Å². The number of carbonyl (C=O) groups is 1. The fourth-order valence-electron chi connectivity index (χ4n) is 1.70. The largest absolute Gasteiger partial charge is 0.271 e. The van der Waals surface area contributed by atoms with Crippen molar-refractivity contribution in [2.45, 2.75) is 6.42 Å². The maximum Gasteiger partial charge on any atom is 0.258 e. The zero-order chi connectivity index (χ0) is 11.4. The molecule has 2 aromatic carbocycles. The fraction of sp³-hybridized carbons (Fsp3) is 0.0769. The summed E-state index contributed by atoms with van der Waals surface area (Å²) in [4.78, 5) is 14.8. The normalized spacial score (nSPS) is 9.75. The molecule has 16 heavy (non-hydrogen) atoms. The van der Waals surface area contributed by atoms with Crippen LogP contribution >= 0.6 is 12.2 Å². The van der Waals surface area contributed by atoms with E-state index in [1.54, 1.807) is 0 Å². The Balaban J connectivity index is 2.44. The van der Waals surface area contributed by atoms with Gasteiger partial charge in [-0.25, -0.2) is 0 Å². The highest BCUT2D eigenvalue weighted by Crippen LogP contribution is 2.18. The number of hydrogen-bond donors (Lipinski definition) is 0. The Morgan fingerprint density at radius 2 is 1.94 bits per heavy atom. The predicted octanol–water partition coefficient (Wildman–Crippen LogP) is 3.01. The molecule has 78 valence electrons. The first-order valence-corrected chi connectivity index (χ1v) is 5.29. The molecule has 0 fully saturated rings.